The van der Waals surface area contributed by atoms with Gasteiger partial charge in [-0.25, -0.2) is 13.2 Å². The van der Waals surface area contributed by atoms with Crippen LogP contribution in [0.2, 0.25) is 0 Å². The summed E-state index contributed by atoms with van der Waals surface area (Å²) >= 11 is 0. The monoisotopic (exact) mass is 380 g/mol. The van der Waals surface area contributed by atoms with Crippen molar-refractivity contribution in [1.82, 2.24) is 9.21 Å². The van der Waals surface area contributed by atoms with Crippen LogP contribution in [-0.2, 0) is 14.8 Å². The maximum Gasteiger partial charge on any atom is 0.335 e. The molecule has 0 bridgehead atoms. The van der Waals surface area contributed by atoms with Crippen LogP contribution in [0.25, 0.3) is 0 Å². The minimum absolute atomic E-state index is 0.0262. The molecule has 1 aromatic carbocycles. The number of hydrogen-bond acceptors (Lipinski definition) is 4. The van der Waals surface area contributed by atoms with E-state index in [1.807, 2.05) is 13.8 Å². The van der Waals surface area contributed by atoms with Gasteiger partial charge in [0, 0.05) is 19.1 Å². The second-order valence-corrected chi connectivity index (χ2v) is 9.10. The minimum atomic E-state index is -3.88. The topological polar surface area (TPSA) is 95.0 Å². The van der Waals surface area contributed by atoms with E-state index in [0.29, 0.717) is 32.4 Å². The van der Waals surface area contributed by atoms with E-state index in [1.165, 1.54) is 28.6 Å². The molecule has 3 rings (SSSR count). The van der Waals surface area contributed by atoms with E-state index < -0.39 is 21.5 Å². The summed E-state index contributed by atoms with van der Waals surface area (Å²) in [4.78, 5) is 26.0. The fourth-order valence-corrected chi connectivity index (χ4v) is 5.90. The van der Waals surface area contributed by atoms with Gasteiger partial charge in [-0.15, -0.1) is 0 Å². The zero-order valence-electron chi connectivity index (χ0n) is 15.0. The average Bonchev–Trinajstić information content (AvgIpc) is 3.02. The molecule has 1 atom stereocenters. The highest BCUT2D eigenvalue weighted by Gasteiger charge is 2.55. The largest absolute Gasteiger partial charge is 0.478 e. The Labute approximate surface area is 153 Å². The number of benzene rings is 1. The lowest BCUT2D eigenvalue weighted by molar-refractivity contribution is -0.146. The quantitative estimate of drug-likeness (QED) is 0.861. The molecule has 8 heteroatoms. The van der Waals surface area contributed by atoms with Gasteiger partial charge in [0.25, 0.3) is 0 Å². The molecule has 1 unspecified atom stereocenters. The lowest BCUT2D eigenvalue weighted by Crippen LogP contribution is -2.62. The van der Waals surface area contributed by atoms with E-state index in [9.17, 15) is 18.0 Å². The number of carbonyl (C=O) groups excluding carboxylic acids is 1. The molecule has 7 nitrogen and oxygen atoms in total. The van der Waals surface area contributed by atoms with E-state index in [0.717, 1.165) is 6.42 Å². The van der Waals surface area contributed by atoms with Gasteiger partial charge in [0.2, 0.25) is 15.9 Å². The molecule has 2 saturated heterocycles. The molecule has 2 aliphatic heterocycles. The number of nitrogens with zero attached hydrogens (tertiary/aromatic N) is 2. The van der Waals surface area contributed by atoms with Crippen LogP contribution in [0.15, 0.2) is 29.2 Å². The van der Waals surface area contributed by atoms with Crippen molar-refractivity contribution in [2.75, 3.05) is 13.1 Å². The SMILES string of the molecule is CC(C)N1CCCC2(CCCN2S(=O)(=O)c2ccc(C(=O)O)cc2)C1=O. The van der Waals surface area contributed by atoms with Crippen molar-refractivity contribution in [3.8, 4) is 0 Å². The van der Waals surface area contributed by atoms with Crippen molar-refractivity contribution in [3.63, 3.8) is 0 Å². The van der Waals surface area contributed by atoms with Crippen molar-refractivity contribution < 1.29 is 23.1 Å². The summed E-state index contributed by atoms with van der Waals surface area (Å²) in [6.45, 7) is 4.84. The number of aromatic carboxylic acids is 1. The molecule has 0 aliphatic carbocycles. The van der Waals surface area contributed by atoms with Gasteiger partial charge >= 0.3 is 5.97 Å². The summed E-state index contributed by atoms with van der Waals surface area (Å²) in [5, 5.41) is 8.99. The highest BCUT2D eigenvalue weighted by atomic mass is 32.2. The molecule has 1 amide bonds. The third-order valence-electron chi connectivity index (χ3n) is 5.39. The zero-order chi connectivity index (χ0) is 19.1. The number of likely N-dealkylation sites (tertiary alicyclic amines) is 1. The molecular weight excluding hydrogens is 356 g/mol. The lowest BCUT2D eigenvalue weighted by Gasteiger charge is -2.45. The Bertz CT molecular complexity index is 818. The average molecular weight is 380 g/mol. The molecule has 26 heavy (non-hydrogen) atoms. The number of carboxylic acids is 1. The predicted octanol–water partition coefficient (Wildman–Crippen LogP) is 1.94. The number of carboxylic acid groups (broad SMARTS) is 1. The molecule has 142 valence electrons. The second-order valence-electron chi connectivity index (χ2n) is 7.24. The van der Waals surface area contributed by atoms with Crippen molar-refractivity contribution in [1.29, 1.82) is 0 Å². The van der Waals surface area contributed by atoms with E-state index in [1.54, 1.807) is 4.90 Å². The summed E-state index contributed by atoms with van der Waals surface area (Å²) in [6.07, 6.45) is 2.47. The summed E-state index contributed by atoms with van der Waals surface area (Å²) in [7, 11) is -3.88. The molecule has 0 radical (unpaired) electrons. The highest BCUT2D eigenvalue weighted by molar-refractivity contribution is 7.89. The Morgan fingerprint density at radius 2 is 1.69 bits per heavy atom. The first kappa shape index (κ1) is 18.8. The van der Waals surface area contributed by atoms with Crippen molar-refractivity contribution >= 4 is 21.9 Å². The molecule has 2 aliphatic rings. The van der Waals surface area contributed by atoms with Crippen molar-refractivity contribution in [2.45, 2.75) is 56.0 Å². The first-order chi connectivity index (χ1) is 12.2. The smallest absolute Gasteiger partial charge is 0.335 e. The Kier molecular flexibility index (Phi) is 4.83. The Morgan fingerprint density at radius 3 is 2.23 bits per heavy atom. The summed E-state index contributed by atoms with van der Waals surface area (Å²) in [5.41, 5.74) is -0.980. The van der Waals surface area contributed by atoms with E-state index in [4.69, 9.17) is 5.11 Å². The third kappa shape index (κ3) is 2.91. The summed E-state index contributed by atoms with van der Waals surface area (Å²) in [5.74, 6) is -1.22. The van der Waals surface area contributed by atoms with Crippen molar-refractivity contribution in [2.24, 2.45) is 0 Å². The number of piperidine rings is 1. The minimum Gasteiger partial charge on any atom is -0.478 e. The van der Waals surface area contributed by atoms with Crippen LogP contribution in [-0.4, -0.2) is 59.3 Å². The molecule has 0 saturated carbocycles. The summed E-state index contributed by atoms with van der Waals surface area (Å²) in [6, 6.07) is 5.19. The number of carbonyl (C=O) groups is 2. The lowest BCUT2D eigenvalue weighted by atomic mass is 9.86. The van der Waals surface area contributed by atoms with Crippen LogP contribution in [0.1, 0.15) is 49.9 Å². The maximum atomic E-state index is 13.2. The molecule has 0 aromatic heterocycles. The molecule has 1 N–H and O–H groups in total. The zero-order valence-corrected chi connectivity index (χ0v) is 15.8. The Balaban J connectivity index is 1.98. The number of rotatable bonds is 4. The molecule has 2 fully saturated rings. The first-order valence-corrected chi connectivity index (χ1v) is 10.3. The molecule has 1 aromatic rings. The van der Waals surface area contributed by atoms with Crippen LogP contribution < -0.4 is 0 Å². The van der Waals surface area contributed by atoms with Gasteiger partial charge in [-0.3, -0.25) is 4.79 Å². The second kappa shape index (κ2) is 6.66. The van der Waals surface area contributed by atoms with Crippen LogP contribution in [0, 0.1) is 0 Å². The first-order valence-electron chi connectivity index (χ1n) is 8.87. The van der Waals surface area contributed by atoms with Gasteiger partial charge in [0.1, 0.15) is 5.54 Å². The molecular formula is C18H24N2O5S. The van der Waals surface area contributed by atoms with Gasteiger partial charge in [-0.05, 0) is 63.8 Å². The fraction of sp³-hybridized carbons (Fsp3) is 0.556. The third-order valence-corrected chi connectivity index (χ3v) is 7.37. The predicted molar refractivity (Wildman–Crippen MR) is 95.3 cm³/mol. The number of sulfonamides is 1. The van der Waals surface area contributed by atoms with Gasteiger partial charge in [-0.1, -0.05) is 0 Å². The Morgan fingerprint density at radius 1 is 1.12 bits per heavy atom. The van der Waals surface area contributed by atoms with E-state index in [2.05, 4.69) is 0 Å². The van der Waals surface area contributed by atoms with E-state index >= 15 is 0 Å². The summed E-state index contributed by atoms with van der Waals surface area (Å²) < 4.78 is 27.8. The van der Waals surface area contributed by atoms with Crippen LogP contribution >= 0.6 is 0 Å². The standard InChI is InChI=1S/C18H24N2O5S/c1-13(2)19-11-3-9-18(17(19)23)10-4-12-20(18)26(24,25)15-7-5-14(6-8-15)16(21)22/h5-8,13H,3-4,9-12H2,1-2H3,(H,21,22). The number of amides is 1. The molecule has 2 heterocycles. The Hall–Kier alpha value is -1.93. The van der Waals surface area contributed by atoms with Gasteiger partial charge in [0.05, 0.1) is 10.5 Å². The van der Waals surface area contributed by atoms with Gasteiger partial charge in [-0.2, -0.15) is 4.31 Å². The van der Waals surface area contributed by atoms with Crippen LogP contribution in [0.3, 0.4) is 0 Å². The van der Waals surface area contributed by atoms with Crippen LogP contribution in [0.5, 0.6) is 0 Å². The van der Waals surface area contributed by atoms with Crippen LogP contribution in [0.4, 0.5) is 0 Å². The highest BCUT2D eigenvalue weighted by Crippen LogP contribution is 2.42. The normalized spacial score (nSPS) is 24.6. The molecule has 1 spiro atoms. The fourth-order valence-electron chi connectivity index (χ4n) is 4.07. The van der Waals surface area contributed by atoms with E-state index in [-0.39, 0.29) is 22.4 Å². The van der Waals surface area contributed by atoms with Crippen molar-refractivity contribution in [3.05, 3.63) is 29.8 Å². The number of hydrogen-bond donors (Lipinski definition) is 1. The maximum absolute atomic E-state index is 13.2. The van der Waals surface area contributed by atoms with Gasteiger partial charge < -0.3 is 10.0 Å². The van der Waals surface area contributed by atoms with Gasteiger partial charge in [0.15, 0.2) is 0 Å².